The van der Waals surface area contributed by atoms with Crippen LogP contribution < -0.4 is 20.3 Å². The number of nitrogens with one attached hydrogen (secondary N) is 2. The van der Waals surface area contributed by atoms with Gasteiger partial charge in [-0.3, -0.25) is 4.99 Å². The molecule has 2 N–H and O–H groups in total. The fourth-order valence-electron chi connectivity index (χ4n) is 3.35. The Labute approximate surface area is 195 Å². The van der Waals surface area contributed by atoms with Crippen LogP contribution in [0.5, 0.6) is 5.75 Å². The molecule has 6 nitrogen and oxygen atoms in total. The van der Waals surface area contributed by atoms with Crippen LogP contribution in [0.4, 0.5) is 5.69 Å². The first kappa shape index (κ1) is 23.5. The third-order valence-corrected chi connectivity index (χ3v) is 4.98. The maximum Gasteiger partial charge on any atom is 0.191 e. The smallest absolute Gasteiger partial charge is 0.191 e. The lowest BCUT2D eigenvalue weighted by molar-refractivity contribution is 0.415. The van der Waals surface area contributed by atoms with Gasteiger partial charge in [-0.1, -0.05) is 29.8 Å². The molecular weight excluding hydrogens is 501 g/mol. The summed E-state index contributed by atoms with van der Waals surface area (Å²) in [7, 11) is 1.72. The number of hydrogen-bond acceptors (Lipinski definition) is 4. The summed E-state index contributed by atoms with van der Waals surface area (Å²) in [5, 5.41) is 7.43. The molecule has 0 spiro atoms. The Hall–Kier alpha value is -1.74. The molecule has 1 aliphatic heterocycles. The molecule has 29 heavy (non-hydrogen) atoms. The molecule has 1 aliphatic rings. The second kappa shape index (κ2) is 12.1. The lowest BCUT2D eigenvalue weighted by Crippen LogP contribution is -2.44. The standard InChI is InChI=1S/C21H28ClN5O.HI/c1-3-23-21(24-12-10-16-8-9-20(22)25-14-16)26-17-11-13-27(15-17)18-6-4-5-7-19(18)28-2;/h4-9,14,17H,3,10-13,15H2,1-2H3,(H2,23,24,26);1H. The maximum absolute atomic E-state index is 5.84. The van der Waals surface area contributed by atoms with Crippen molar-refractivity contribution in [2.75, 3.05) is 38.2 Å². The Bertz CT molecular complexity index is 787. The van der Waals surface area contributed by atoms with Crippen molar-refractivity contribution in [2.45, 2.75) is 25.8 Å². The van der Waals surface area contributed by atoms with Gasteiger partial charge >= 0.3 is 0 Å². The van der Waals surface area contributed by atoms with Crippen LogP contribution in [0.1, 0.15) is 18.9 Å². The highest BCUT2D eigenvalue weighted by Crippen LogP contribution is 2.30. The van der Waals surface area contributed by atoms with E-state index in [1.54, 1.807) is 13.3 Å². The number of ether oxygens (including phenoxy) is 1. The number of anilines is 1. The van der Waals surface area contributed by atoms with Gasteiger partial charge in [0.1, 0.15) is 10.9 Å². The molecule has 1 aromatic heterocycles. The predicted molar refractivity (Wildman–Crippen MR) is 131 cm³/mol. The van der Waals surface area contributed by atoms with Gasteiger partial charge in [-0.05, 0) is 43.5 Å². The fourth-order valence-corrected chi connectivity index (χ4v) is 3.46. The molecule has 1 fully saturated rings. The van der Waals surface area contributed by atoms with E-state index in [9.17, 15) is 0 Å². The molecule has 1 saturated heterocycles. The molecule has 0 amide bonds. The molecule has 0 aliphatic carbocycles. The van der Waals surface area contributed by atoms with E-state index in [4.69, 9.17) is 21.3 Å². The summed E-state index contributed by atoms with van der Waals surface area (Å²) in [5.41, 5.74) is 2.28. The summed E-state index contributed by atoms with van der Waals surface area (Å²) in [6.45, 7) is 5.52. The van der Waals surface area contributed by atoms with Crippen LogP contribution in [0.2, 0.25) is 5.15 Å². The zero-order valence-electron chi connectivity index (χ0n) is 16.9. The number of aromatic nitrogens is 1. The molecule has 0 bridgehead atoms. The van der Waals surface area contributed by atoms with E-state index in [-0.39, 0.29) is 24.0 Å². The third kappa shape index (κ3) is 6.92. The Morgan fingerprint density at radius 3 is 2.86 bits per heavy atom. The highest BCUT2D eigenvalue weighted by Gasteiger charge is 2.25. The Kier molecular flexibility index (Phi) is 9.80. The molecule has 3 rings (SSSR count). The van der Waals surface area contributed by atoms with Gasteiger partial charge in [0, 0.05) is 38.4 Å². The van der Waals surface area contributed by atoms with Gasteiger partial charge in [0.05, 0.1) is 12.8 Å². The van der Waals surface area contributed by atoms with Gasteiger partial charge in [-0.25, -0.2) is 4.98 Å². The molecule has 2 aromatic rings. The van der Waals surface area contributed by atoms with E-state index in [1.165, 1.54) is 0 Å². The van der Waals surface area contributed by atoms with Crippen LogP contribution in [-0.2, 0) is 6.42 Å². The van der Waals surface area contributed by atoms with Crippen LogP contribution in [0.15, 0.2) is 47.6 Å². The third-order valence-electron chi connectivity index (χ3n) is 4.76. The Morgan fingerprint density at radius 2 is 2.14 bits per heavy atom. The monoisotopic (exact) mass is 529 g/mol. The summed E-state index contributed by atoms with van der Waals surface area (Å²) in [6, 6.07) is 12.3. The first-order valence-corrected chi connectivity index (χ1v) is 10.1. The van der Waals surface area contributed by atoms with E-state index >= 15 is 0 Å². The Morgan fingerprint density at radius 1 is 1.31 bits per heavy atom. The average molecular weight is 530 g/mol. The van der Waals surface area contributed by atoms with E-state index in [0.717, 1.165) is 55.4 Å². The van der Waals surface area contributed by atoms with Crippen molar-refractivity contribution in [3.63, 3.8) is 0 Å². The van der Waals surface area contributed by atoms with Gasteiger partial charge in [0.2, 0.25) is 0 Å². The number of pyridine rings is 1. The average Bonchev–Trinajstić information content (AvgIpc) is 3.18. The van der Waals surface area contributed by atoms with Gasteiger partial charge in [0.15, 0.2) is 5.96 Å². The van der Waals surface area contributed by atoms with Crippen LogP contribution in [0.25, 0.3) is 0 Å². The lowest BCUT2D eigenvalue weighted by atomic mass is 10.2. The summed E-state index contributed by atoms with van der Waals surface area (Å²) in [4.78, 5) is 11.2. The number of nitrogens with zero attached hydrogens (tertiary/aromatic N) is 3. The van der Waals surface area contributed by atoms with E-state index < -0.39 is 0 Å². The largest absolute Gasteiger partial charge is 0.495 e. The van der Waals surface area contributed by atoms with Crippen LogP contribution in [-0.4, -0.2) is 50.3 Å². The highest BCUT2D eigenvalue weighted by molar-refractivity contribution is 14.0. The van der Waals surface area contributed by atoms with E-state index in [1.807, 2.05) is 24.3 Å². The summed E-state index contributed by atoms with van der Waals surface area (Å²) in [5.74, 6) is 1.77. The zero-order chi connectivity index (χ0) is 19.8. The van der Waals surface area contributed by atoms with Crippen molar-refractivity contribution in [2.24, 2.45) is 4.99 Å². The molecule has 158 valence electrons. The molecule has 1 unspecified atom stereocenters. The zero-order valence-corrected chi connectivity index (χ0v) is 20.0. The van der Waals surface area contributed by atoms with Crippen molar-refractivity contribution >= 4 is 47.2 Å². The minimum absolute atomic E-state index is 0. The summed E-state index contributed by atoms with van der Waals surface area (Å²) in [6.07, 6.45) is 3.70. The minimum Gasteiger partial charge on any atom is -0.495 e. The molecule has 1 aromatic carbocycles. The first-order chi connectivity index (χ1) is 13.7. The summed E-state index contributed by atoms with van der Waals surface area (Å²) >= 11 is 5.84. The number of halogens is 2. The molecular formula is C21H29ClIN5O. The minimum atomic E-state index is 0. The van der Waals surface area contributed by atoms with E-state index in [2.05, 4.69) is 39.6 Å². The first-order valence-electron chi connectivity index (χ1n) is 9.73. The van der Waals surface area contributed by atoms with Crippen LogP contribution >= 0.6 is 35.6 Å². The lowest BCUT2D eigenvalue weighted by Gasteiger charge is -2.22. The van der Waals surface area contributed by atoms with Crippen molar-refractivity contribution in [1.82, 2.24) is 15.6 Å². The second-order valence-electron chi connectivity index (χ2n) is 6.75. The number of para-hydroxylation sites is 2. The van der Waals surface area contributed by atoms with Crippen LogP contribution in [0.3, 0.4) is 0 Å². The number of benzene rings is 1. The Balaban J connectivity index is 0.00000300. The van der Waals surface area contributed by atoms with Gasteiger partial charge in [-0.2, -0.15) is 0 Å². The van der Waals surface area contributed by atoms with Gasteiger partial charge < -0.3 is 20.3 Å². The normalized spacial score (nSPS) is 16.3. The number of guanidine groups is 1. The molecule has 2 heterocycles. The molecule has 0 radical (unpaired) electrons. The maximum atomic E-state index is 5.84. The van der Waals surface area contributed by atoms with Gasteiger partial charge in [0.25, 0.3) is 0 Å². The van der Waals surface area contributed by atoms with E-state index in [0.29, 0.717) is 17.7 Å². The number of methoxy groups -OCH3 is 1. The van der Waals surface area contributed by atoms with Crippen molar-refractivity contribution in [1.29, 1.82) is 0 Å². The van der Waals surface area contributed by atoms with Crippen LogP contribution in [0, 0.1) is 0 Å². The van der Waals surface area contributed by atoms with Gasteiger partial charge in [-0.15, -0.1) is 24.0 Å². The topological polar surface area (TPSA) is 61.8 Å². The quantitative estimate of drug-likeness (QED) is 0.248. The second-order valence-corrected chi connectivity index (χ2v) is 7.13. The predicted octanol–water partition coefficient (Wildman–Crippen LogP) is 3.74. The fraction of sp³-hybridized carbons (Fsp3) is 0.429. The van der Waals surface area contributed by atoms with Crippen molar-refractivity contribution in [3.05, 3.63) is 53.3 Å². The number of rotatable bonds is 7. The number of hydrogen-bond donors (Lipinski definition) is 2. The molecule has 1 atom stereocenters. The molecule has 8 heteroatoms. The SMILES string of the molecule is CCNC(=NCCc1ccc(Cl)nc1)NC1CCN(c2ccccc2OC)C1.I. The molecule has 0 saturated carbocycles. The summed E-state index contributed by atoms with van der Waals surface area (Å²) < 4.78 is 5.50. The highest BCUT2D eigenvalue weighted by atomic mass is 127. The number of aliphatic imine (C=N–C) groups is 1. The van der Waals surface area contributed by atoms with Crippen molar-refractivity contribution < 1.29 is 4.74 Å². The van der Waals surface area contributed by atoms with Crippen molar-refractivity contribution in [3.8, 4) is 5.75 Å².